The summed E-state index contributed by atoms with van der Waals surface area (Å²) in [4.78, 5) is 13.5. The Morgan fingerprint density at radius 3 is 2.35 bits per heavy atom. The molecular formula is C19H16FNOS. The zero-order chi connectivity index (χ0) is 16.2. The lowest BCUT2D eigenvalue weighted by Crippen LogP contribution is -2.28. The predicted octanol–water partition coefficient (Wildman–Crippen LogP) is 4.72. The van der Waals surface area contributed by atoms with Crippen LogP contribution in [0.4, 0.5) is 4.39 Å². The Bertz CT molecular complexity index is 779. The SMILES string of the molecule is Cc1ccc(C(=O)NC(c2ccc(F)cc2)c2cccs2)cc1. The molecule has 0 aliphatic carbocycles. The van der Waals surface area contributed by atoms with Gasteiger partial charge >= 0.3 is 0 Å². The van der Waals surface area contributed by atoms with Crippen molar-refractivity contribution in [3.63, 3.8) is 0 Å². The summed E-state index contributed by atoms with van der Waals surface area (Å²) in [7, 11) is 0. The summed E-state index contributed by atoms with van der Waals surface area (Å²) in [6.45, 7) is 1.98. The Balaban J connectivity index is 1.88. The van der Waals surface area contributed by atoms with Crippen LogP contribution in [0.2, 0.25) is 0 Å². The van der Waals surface area contributed by atoms with Crippen molar-refractivity contribution >= 4 is 17.2 Å². The topological polar surface area (TPSA) is 29.1 Å². The third kappa shape index (κ3) is 3.66. The van der Waals surface area contributed by atoms with Crippen LogP contribution in [-0.4, -0.2) is 5.91 Å². The van der Waals surface area contributed by atoms with E-state index < -0.39 is 0 Å². The van der Waals surface area contributed by atoms with Crippen molar-refractivity contribution in [3.05, 3.63) is 93.4 Å². The molecule has 0 spiro atoms. The molecule has 2 nitrogen and oxygen atoms in total. The highest BCUT2D eigenvalue weighted by atomic mass is 32.1. The van der Waals surface area contributed by atoms with E-state index >= 15 is 0 Å². The van der Waals surface area contributed by atoms with Gasteiger partial charge < -0.3 is 5.32 Å². The van der Waals surface area contributed by atoms with Crippen LogP contribution < -0.4 is 5.32 Å². The smallest absolute Gasteiger partial charge is 0.252 e. The maximum absolute atomic E-state index is 13.2. The van der Waals surface area contributed by atoms with Gasteiger partial charge in [0, 0.05) is 10.4 Å². The van der Waals surface area contributed by atoms with Gasteiger partial charge in [0.1, 0.15) is 5.82 Å². The molecule has 0 bridgehead atoms. The van der Waals surface area contributed by atoms with E-state index in [2.05, 4.69) is 5.32 Å². The Kier molecular flexibility index (Phi) is 4.53. The minimum Gasteiger partial charge on any atom is -0.340 e. The van der Waals surface area contributed by atoms with Crippen LogP contribution >= 0.6 is 11.3 Å². The summed E-state index contributed by atoms with van der Waals surface area (Å²) in [6, 6.07) is 17.3. The molecule has 1 unspecified atom stereocenters. The van der Waals surface area contributed by atoms with Crippen molar-refractivity contribution in [2.75, 3.05) is 0 Å². The molecule has 3 rings (SSSR count). The van der Waals surface area contributed by atoms with Crippen LogP contribution in [0.5, 0.6) is 0 Å². The Labute approximate surface area is 138 Å². The Morgan fingerprint density at radius 1 is 1.04 bits per heavy atom. The molecule has 0 saturated carbocycles. The number of rotatable bonds is 4. The van der Waals surface area contributed by atoms with Crippen LogP contribution in [0, 0.1) is 12.7 Å². The Morgan fingerprint density at radius 2 is 1.74 bits per heavy atom. The second-order valence-corrected chi connectivity index (χ2v) is 6.32. The lowest BCUT2D eigenvalue weighted by molar-refractivity contribution is 0.0943. The van der Waals surface area contributed by atoms with E-state index in [1.807, 2.05) is 36.6 Å². The fraction of sp³-hybridized carbons (Fsp3) is 0.105. The number of benzene rings is 2. The Hall–Kier alpha value is -2.46. The first kappa shape index (κ1) is 15.4. The molecule has 2 aromatic carbocycles. The normalized spacial score (nSPS) is 11.9. The number of hydrogen-bond acceptors (Lipinski definition) is 2. The average molecular weight is 325 g/mol. The summed E-state index contributed by atoms with van der Waals surface area (Å²) in [5.74, 6) is -0.434. The summed E-state index contributed by atoms with van der Waals surface area (Å²) >= 11 is 1.56. The lowest BCUT2D eigenvalue weighted by atomic mass is 10.0. The van der Waals surface area contributed by atoms with Crippen LogP contribution in [0.1, 0.15) is 32.4 Å². The standard InChI is InChI=1S/C19H16FNOS/c1-13-4-6-15(7-5-13)19(22)21-18(17-3-2-12-23-17)14-8-10-16(20)11-9-14/h2-12,18H,1H3,(H,21,22). The van der Waals surface area contributed by atoms with Gasteiger partial charge in [-0.25, -0.2) is 4.39 Å². The van der Waals surface area contributed by atoms with E-state index in [0.717, 1.165) is 16.0 Å². The summed E-state index contributed by atoms with van der Waals surface area (Å²) in [6.07, 6.45) is 0. The van der Waals surface area contributed by atoms with E-state index in [4.69, 9.17) is 0 Å². The van der Waals surface area contributed by atoms with E-state index in [1.54, 1.807) is 35.6 Å². The van der Waals surface area contributed by atoms with Crippen LogP contribution in [-0.2, 0) is 0 Å². The summed E-state index contributed by atoms with van der Waals surface area (Å²) < 4.78 is 13.2. The first-order valence-corrected chi connectivity index (χ1v) is 8.18. The van der Waals surface area contributed by atoms with Crippen LogP contribution in [0.3, 0.4) is 0 Å². The number of halogens is 1. The number of aryl methyl sites for hydroxylation is 1. The van der Waals surface area contributed by atoms with Gasteiger partial charge in [0.05, 0.1) is 6.04 Å². The zero-order valence-corrected chi connectivity index (χ0v) is 13.4. The van der Waals surface area contributed by atoms with Crippen LogP contribution in [0.25, 0.3) is 0 Å². The van der Waals surface area contributed by atoms with Gasteiger partial charge in [-0.2, -0.15) is 0 Å². The molecule has 1 amide bonds. The third-order valence-electron chi connectivity index (χ3n) is 3.62. The molecule has 0 fully saturated rings. The minimum atomic E-state index is -0.288. The average Bonchev–Trinajstić information content (AvgIpc) is 3.08. The fourth-order valence-corrected chi connectivity index (χ4v) is 3.15. The lowest BCUT2D eigenvalue weighted by Gasteiger charge is -2.18. The van der Waals surface area contributed by atoms with E-state index in [1.165, 1.54) is 12.1 Å². The molecule has 1 N–H and O–H groups in total. The first-order valence-electron chi connectivity index (χ1n) is 7.30. The second kappa shape index (κ2) is 6.75. The minimum absolute atomic E-state index is 0.146. The molecule has 4 heteroatoms. The highest BCUT2D eigenvalue weighted by Crippen LogP contribution is 2.26. The van der Waals surface area contributed by atoms with E-state index in [-0.39, 0.29) is 17.8 Å². The van der Waals surface area contributed by atoms with Crippen molar-refractivity contribution < 1.29 is 9.18 Å². The van der Waals surface area contributed by atoms with Gasteiger partial charge in [-0.3, -0.25) is 4.79 Å². The summed E-state index contributed by atoms with van der Waals surface area (Å²) in [5.41, 5.74) is 2.57. The number of carbonyl (C=O) groups excluding carboxylic acids is 1. The van der Waals surface area contributed by atoms with Crippen molar-refractivity contribution in [1.82, 2.24) is 5.32 Å². The van der Waals surface area contributed by atoms with Gasteiger partial charge in [-0.15, -0.1) is 11.3 Å². The number of thiophene rings is 1. The van der Waals surface area contributed by atoms with E-state index in [0.29, 0.717) is 5.56 Å². The van der Waals surface area contributed by atoms with Crippen molar-refractivity contribution in [3.8, 4) is 0 Å². The van der Waals surface area contributed by atoms with Gasteiger partial charge in [0.2, 0.25) is 0 Å². The molecular weight excluding hydrogens is 309 g/mol. The van der Waals surface area contributed by atoms with Gasteiger partial charge in [0.15, 0.2) is 0 Å². The molecule has 0 aliphatic rings. The molecule has 0 aliphatic heterocycles. The van der Waals surface area contributed by atoms with Crippen LogP contribution in [0.15, 0.2) is 66.0 Å². The number of nitrogens with one attached hydrogen (secondary N) is 1. The molecule has 1 atom stereocenters. The summed E-state index contributed by atoms with van der Waals surface area (Å²) in [5, 5.41) is 5.00. The van der Waals surface area contributed by atoms with Crippen molar-refractivity contribution in [1.29, 1.82) is 0 Å². The number of amides is 1. The predicted molar refractivity (Wildman–Crippen MR) is 91.2 cm³/mol. The van der Waals surface area contributed by atoms with Gasteiger partial charge in [-0.05, 0) is 48.2 Å². The quantitative estimate of drug-likeness (QED) is 0.739. The van der Waals surface area contributed by atoms with Gasteiger partial charge in [-0.1, -0.05) is 35.9 Å². The highest BCUT2D eigenvalue weighted by Gasteiger charge is 2.18. The maximum atomic E-state index is 13.2. The second-order valence-electron chi connectivity index (χ2n) is 5.34. The molecule has 116 valence electrons. The first-order chi connectivity index (χ1) is 11.1. The fourth-order valence-electron chi connectivity index (χ4n) is 2.35. The largest absolute Gasteiger partial charge is 0.340 e. The van der Waals surface area contributed by atoms with Crippen molar-refractivity contribution in [2.45, 2.75) is 13.0 Å². The monoisotopic (exact) mass is 325 g/mol. The molecule has 1 aromatic heterocycles. The number of carbonyl (C=O) groups is 1. The molecule has 0 saturated heterocycles. The van der Waals surface area contributed by atoms with E-state index in [9.17, 15) is 9.18 Å². The molecule has 0 radical (unpaired) electrons. The third-order valence-corrected chi connectivity index (χ3v) is 4.56. The maximum Gasteiger partial charge on any atom is 0.252 e. The highest BCUT2D eigenvalue weighted by molar-refractivity contribution is 7.10. The number of hydrogen-bond donors (Lipinski definition) is 1. The van der Waals surface area contributed by atoms with Crippen molar-refractivity contribution in [2.24, 2.45) is 0 Å². The van der Waals surface area contributed by atoms with Gasteiger partial charge in [0.25, 0.3) is 5.91 Å². The zero-order valence-electron chi connectivity index (χ0n) is 12.6. The molecule has 3 aromatic rings. The molecule has 1 heterocycles. The molecule has 23 heavy (non-hydrogen) atoms.